The Morgan fingerprint density at radius 1 is 1.23 bits per heavy atom. The Kier molecular flexibility index (Phi) is 6.68. The van der Waals surface area contributed by atoms with Crippen LogP contribution in [0.3, 0.4) is 0 Å². The van der Waals surface area contributed by atoms with Crippen molar-refractivity contribution in [3.8, 4) is 17.0 Å². The lowest BCUT2D eigenvalue weighted by atomic mass is 10.0. The number of nitrogens with zero attached hydrogens (tertiary/aromatic N) is 8. The first-order valence-corrected chi connectivity index (χ1v) is 12.9. The molecule has 2 aliphatic heterocycles. The molecule has 0 saturated carbocycles. The fraction of sp³-hybridized carbons (Fsp3) is 0.480. The Labute approximate surface area is 225 Å². The first kappa shape index (κ1) is 26.2. The lowest BCUT2D eigenvalue weighted by Crippen LogP contribution is -2.57. The molecule has 2 saturated heterocycles. The smallest absolute Gasteiger partial charge is 0.280 e. The van der Waals surface area contributed by atoms with Crippen molar-refractivity contribution in [1.29, 1.82) is 0 Å². The van der Waals surface area contributed by atoms with Crippen molar-refractivity contribution in [1.82, 2.24) is 39.4 Å². The highest BCUT2D eigenvalue weighted by Crippen LogP contribution is 2.34. The number of methoxy groups -OCH3 is 1. The molecule has 4 aromatic rings. The molecule has 11 nitrogen and oxygen atoms in total. The predicted octanol–water partition coefficient (Wildman–Crippen LogP) is 2.77. The third-order valence-corrected chi connectivity index (χ3v) is 7.36. The summed E-state index contributed by atoms with van der Waals surface area (Å²) < 4.78 is 64.3. The fourth-order valence-corrected chi connectivity index (χ4v) is 5.16. The molecule has 0 bridgehead atoms. The van der Waals surface area contributed by atoms with Crippen LogP contribution in [0, 0.1) is 0 Å². The number of anilines is 1. The van der Waals surface area contributed by atoms with Crippen molar-refractivity contribution >= 4 is 28.4 Å². The van der Waals surface area contributed by atoms with Crippen molar-refractivity contribution in [2.24, 2.45) is 0 Å². The summed E-state index contributed by atoms with van der Waals surface area (Å²) >= 11 is 0. The van der Waals surface area contributed by atoms with Gasteiger partial charge in [0, 0.05) is 31.4 Å². The topological polar surface area (TPSA) is 106 Å². The number of fused-ring (bicyclic) bond motifs is 2. The van der Waals surface area contributed by atoms with Crippen LogP contribution in [0.25, 0.3) is 27.7 Å². The molecule has 0 unspecified atom stereocenters. The molecule has 3 aromatic heterocycles. The van der Waals surface area contributed by atoms with Gasteiger partial charge in [0.2, 0.25) is 17.7 Å². The summed E-state index contributed by atoms with van der Waals surface area (Å²) in [5.41, 5.74) is 2.71. The third kappa shape index (κ3) is 4.89. The summed E-state index contributed by atoms with van der Waals surface area (Å²) in [5, 5.41) is 14.9. The maximum atomic E-state index is 15.1. The number of ether oxygens (including phenoxy) is 1. The second kappa shape index (κ2) is 10.2. The van der Waals surface area contributed by atoms with Gasteiger partial charge in [-0.25, -0.2) is 26.8 Å². The summed E-state index contributed by atoms with van der Waals surface area (Å²) in [6, 6.07) is 5.66. The number of amides is 1. The third-order valence-electron chi connectivity index (χ3n) is 7.36. The van der Waals surface area contributed by atoms with E-state index in [0.29, 0.717) is 47.3 Å². The van der Waals surface area contributed by atoms with Gasteiger partial charge in [-0.2, -0.15) is 4.98 Å². The van der Waals surface area contributed by atoms with Gasteiger partial charge < -0.3 is 15.0 Å². The van der Waals surface area contributed by atoms with Crippen LogP contribution in [0.1, 0.15) is 12.8 Å². The molecule has 5 heterocycles. The first-order valence-electron chi connectivity index (χ1n) is 12.9. The minimum atomic E-state index is -3.12. The second-order valence-corrected chi connectivity index (χ2v) is 10.0. The number of carbonyl (C=O) groups excluding carboxylic acids is 1. The summed E-state index contributed by atoms with van der Waals surface area (Å²) in [5.74, 6) is -3.12. The normalized spacial score (nSPS) is 19.4. The SMILES string of the molecule is COc1nc(N[C@@H]2CCN(CC(=O)N3CCC3)CC2(F)F)nn2ccc(-c3ccc4nnn(CC(F)F)c4c3)c12. The van der Waals surface area contributed by atoms with Crippen molar-refractivity contribution in [2.75, 3.05) is 45.2 Å². The fourth-order valence-electron chi connectivity index (χ4n) is 5.16. The molecule has 0 aliphatic carbocycles. The van der Waals surface area contributed by atoms with E-state index < -0.39 is 31.5 Å². The zero-order chi connectivity index (χ0) is 28.0. The Balaban J connectivity index is 1.23. The molecular weight excluding hydrogens is 534 g/mol. The van der Waals surface area contributed by atoms with E-state index in [9.17, 15) is 13.6 Å². The number of halogens is 4. The summed E-state index contributed by atoms with van der Waals surface area (Å²) in [6.07, 6.45) is 0.0998. The predicted molar refractivity (Wildman–Crippen MR) is 137 cm³/mol. The molecule has 2 aliphatic rings. The van der Waals surface area contributed by atoms with Gasteiger partial charge in [0.15, 0.2) is 0 Å². The highest BCUT2D eigenvalue weighted by Gasteiger charge is 2.45. The van der Waals surface area contributed by atoms with Crippen molar-refractivity contribution in [2.45, 2.75) is 37.8 Å². The second-order valence-electron chi connectivity index (χ2n) is 10.0. The molecule has 15 heteroatoms. The molecule has 0 spiro atoms. The molecule has 6 rings (SSSR count). The summed E-state index contributed by atoms with van der Waals surface area (Å²) in [6.45, 7) is 0.554. The monoisotopic (exact) mass is 561 g/mol. The van der Waals surface area contributed by atoms with Crippen molar-refractivity contribution < 1.29 is 27.1 Å². The highest BCUT2D eigenvalue weighted by atomic mass is 19.3. The van der Waals surface area contributed by atoms with Crippen LogP contribution in [-0.2, 0) is 11.3 Å². The van der Waals surface area contributed by atoms with Crippen molar-refractivity contribution in [3.63, 3.8) is 0 Å². The molecule has 1 N–H and O–H groups in total. The van der Waals surface area contributed by atoms with Gasteiger partial charge >= 0.3 is 0 Å². The van der Waals surface area contributed by atoms with Gasteiger partial charge in [-0.05, 0) is 36.6 Å². The standard InChI is InChI=1S/C25H27F4N9O2/c1-40-23-22-16(15-3-4-17-18(11-15)38(34-32-17)12-20(26)27)5-10-37(22)33-24(31-23)30-19-6-9-35(14-25(19,28)29)13-21(39)36-7-2-8-36/h3-5,10-11,19-20H,2,6-9,12-14H2,1H3,(H,30,33)/t19-/m1/s1. The average Bonchev–Trinajstić information content (AvgIpc) is 3.47. The van der Waals surface area contributed by atoms with Crippen LogP contribution in [0.4, 0.5) is 23.5 Å². The van der Waals surface area contributed by atoms with Crippen LogP contribution in [0.15, 0.2) is 30.5 Å². The summed E-state index contributed by atoms with van der Waals surface area (Å²) in [7, 11) is 1.41. The Bertz CT molecular complexity index is 1550. The first-order chi connectivity index (χ1) is 19.2. The van der Waals surface area contributed by atoms with Crippen LogP contribution in [-0.4, -0.2) is 104 Å². The number of hydrogen-bond donors (Lipinski definition) is 1. The average molecular weight is 562 g/mol. The van der Waals surface area contributed by atoms with Gasteiger partial charge in [-0.15, -0.1) is 10.2 Å². The molecule has 40 heavy (non-hydrogen) atoms. The lowest BCUT2D eigenvalue weighted by Gasteiger charge is -2.39. The molecule has 2 fully saturated rings. The number of carbonyl (C=O) groups is 1. The molecular formula is C25H27F4N9O2. The van der Waals surface area contributed by atoms with E-state index in [2.05, 4.69) is 25.7 Å². The number of nitrogens with one attached hydrogen (secondary N) is 1. The minimum absolute atomic E-state index is 0.0183. The van der Waals surface area contributed by atoms with E-state index in [4.69, 9.17) is 4.74 Å². The Hall–Kier alpha value is -4.01. The van der Waals surface area contributed by atoms with Gasteiger partial charge in [-0.3, -0.25) is 9.69 Å². The summed E-state index contributed by atoms with van der Waals surface area (Å²) in [4.78, 5) is 19.8. The Morgan fingerprint density at radius 3 is 2.75 bits per heavy atom. The molecule has 212 valence electrons. The van der Waals surface area contributed by atoms with E-state index in [1.807, 2.05) is 0 Å². The molecule has 1 atom stereocenters. The Morgan fingerprint density at radius 2 is 2.05 bits per heavy atom. The lowest BCUT2D eigenvalue weighted by molar-refractivity contribution is -0.139. The van der Waals surface area contributed by atoms with E-state index in [1.165, 1.54) is 16.5 Å². The van der Waals surface area contributed by atoms with E-state index in [-0.39, 0.29) is 30.7 Å². The van der Waals surface area contributed by atoms with E-state index in [0.717, 1.165) is 11.1 Å². The largest absolute Gasteiger partial charge is 0.479 e. The van der Waals surface area contributed by atoms with E-state index >= 15 is 8.78 Å². The number of benzene rings is 1. The van der Waals surface area contributed by atoms with Crippen LogP contribution < -0.4 is 10.1 Å². The maximum Gasteiger partial charge on any atom is 0.280 e. The minimum Gasteiger partial charge on any atom is -0.479 e. The van der Waals surface area contributed by atoms with Gasteiger partial charge in [0.25, 0.3) is 12.3 Å². The quantitative estimate of drug-likeness (QED) is 0.328. The molecule has 1 aromatic carbocycles. The number of hydrogen-bond acceptors (Lipinski definition) is 8. The number of likely N-dealkylation sites (tertiary alicyclic amines) is 2. The van der Waals surface area contributed by atoms with Crippen LogP contribution >= 0.6 is 0 Å². The van der Waals surface area contributed by atoms with Crippen molar-refractivity contribution in [3.05, 3.63) is 30.5 Å². The van der Waals surface area contributed by atoms with Gasteiger partial charge in [0.1, 0.15) is 17.6 Å². The zero-order valence-electron chi connectivity index (χ0n) is 21.6. The van der Waals surface area contributed by atoms with E-state index in [1.54, 1.807) is 35.4 Å². The van der Waals surface area contributed by atoms with Crippen LogP contribution in [0.5, 0.6) is 5.88 Å². The number of rotatable bonds is 8. The highest BCUT2D eigenvalue weighted by molar-refractivity contribution is 5.89. The number of alkyl halides is 4. The number of aromatic nitrogens is 6. The maximum absolute atomic E-state index is 15.1. The van der Waals surface area contributed by atoms with Gasteiger partial charge in [-0.1, -0.05) is 11.3 Å². The molecule has 0 radical (unpaired) electrons. The zero-order valence-corrected chi connectivity index (χ0v) is 21.6. The van der Waals surface area contributed by atoms with Crippen LogP contribution in [0.2, 0.25) is 0 Å². The number of piperidine rings is 1. The molecule has 1 amide bonds. The van der Waals surface area contributed by atoms with Gasteiger partial charge in [0.05, 0.1) is 31.8 Å².